The molecule has 2 heterocycles. The van der Waals surface area contributed by atoms with E-state index in [2.05, 4.69) is 10.6 Å². The Bertz CT molecular complexity index is 862. The first-order chi connectivity index (χ1) is 13.4. The summed E-state index contributed by atoms with van der Waals surface area (Å²) in [6.07, 6.45) is 2.38. The van der Waals surface area contributed by atoms with E-state index in [1.54, 1.807) is 17.0 Å². The molecule has 0 atom stereocenters. The van der Waals surface area contributed by atoms with Gasteiger partial charge in [-0.05, 0) is 37.1 Å². The van der Waals surface area contributed by atoms with E-state index in [9.17, 15) is 23.2 Å². The Morgan fingerprint density at radius 2 is 1.86 bits per heavy atom. The second-order valence-corrected chi connectivity index (χ2v) is 6.44. The van der Waals surface area contributed by atoms with Crippen LogP contribution >= 0.6 is 0 Å². The largest absolute Gasteiger partial charge is 0.459 e. The van der Waals surface area contributed by atoms with Crippen molar-refractivity contribution in [2.75, 3.05) is 25.0 Å². The molecule has 3 rings (SSSR count). The van der Waals surface area contributed by atoms with Gasteiger partial charge in [0.05, 0.1) is 12.8 Å². The third kappa shape index (κ3) is 4.73. The summed E-state index contributed by atoms with van der Waals surface area (Å²) in [5.41, 5.74) is 0.0999. The number of furan rings is 1. The number of hydrogen-bond acceptors (Lipinski definition) is 4. The highest BCUT2D eigenvalue weighted by molar-refractivity contribution is 5.95. The molecule has 1 saturated heterocycles. The minimum atomic E-state index is -1.07. The van der Waals surface area contributed by atoms with E-state index < -0.39 is 17.5 Å². The van der Waals surface area contributed by atoms with Crippen LogP contribution in [0.2, 0.25) is 0 Å². The minimum absolute atomic E-state index is 0.0999. The Balaban J connectivity index is 1.42. The molecule has 1 fully saturated rings. The molecule has 1 aromatic heterocycles. The number of piperidine rings is 1. The fraction of sp³-hybridized carbons (Fsp3) is 0.316. The molecule has 0 spiro atoms. The van der Waals surface area contributed by atoms with Crippen LogP contribution in [-0.4, -0.2) is 42.3 Å². The fourth-order valence-corrected chi connectivity index (χ4v) is 2.99. The molecular weight excluding hydrogens is 372 g/mol. The maximum atomic E-state index is 13.1. The number of carbonyl (C=O) groups is 3. The molecule has 2 N–H and O–H groups in total. The monoisotopic (exact) mass is 391 g/mol. The Kier molecular flexibility index (Phi) is 6.03. The average molecular weight is 391 g/mol. The quantitative estimate of drug-likeness (QED) is 0.817. The van der Waals surface area contributed by atoms with E-state index in [1.165, 1.54) is 12.3 Å². The van der Waals surface area contributed by atoms with Crippen molar-refractivity contribution in [1.29, 1.82) is 0 Å². The molecule has 0 saturated carbocycles. The van der Waals surface area contributed by atoms with Gasteiger partial charge in [0.2, 0.25) is 11.8 Å². The van der Waals surface area contributed by atoms with E-state index in [-0.39, 0.29) is 35.7 Å². The van der Waals surface area contributed by atoms with Crippen molar-refractivity contribution in [1.82, 2.24) is 10.2 Å². The lowest BCUT2D eigenvalue weighted by atomic mass is 9.95. The van der Waals surface area contributed by atoms with Gasteiger partial charge in [-0.3, -0.25) is 14.4 Å². The van der Waals surface area contributed by atoms with Crippen molar-refractivity contribution in [3.63, 3.8) is 0 Å². The molecule has 1 aliphatic heterocycles. The highest BCUT2D eigenvalue weighted by Gasteiger charge is 2.28. The Morgan fingerprint density at radius 3 is 2.50 bits per heavy atom. The Morgan fingerprint density at radius 1 is 1.11 bits per heavy atom. The van der Waals surface area contributed by atoms with Crippen LogP contribution in [0, 0.1) is 17.6 Å². The maximum Gasteiger partial charge on any atom is 0.289 e. The van der Waals surface area contributed by atoms with Crippen molar-refractivity contribution >= 4 is 23.4 Å². The predicted molar refractivity (Wildman–Crippen MR) is 95.3 cm³/mol. The zero-order valence-electron chi connectivity index (χ0n) is 14.9. The van der Waals surface area contributed by atoms with Gasteiger partial charge in [0, 0.05) is 30.8 Å². The summed E-state index contributed by atoms with van der Waals surface area (Å²) < 4.78 is 31.1. The van der Waals surface area contributed by atoms with Crippen molar-refractivity contribution in [3.8, 4) is 0 Å². The highest BCUT2D eigenvalue weighted by Crippen LogP contribution is 2.19. The molecule has 0 bridgehead atoms. The summed E-state index contributed by atoms with van der Waals surface area (Å²) in [5, 5.41) is 4.91. The molecule has 3 amide bonds. The lowest BCUT2D eigenvalue weighted by molar-refractivity contribution is -0.128. The SMILES string of the molecule is O=C(CNC(=O)C1CCN(C(=O)c2ccco2)CC1)Nc1ccc(F)c(F)c1. The van der Waals surface area contributed by atoms with Crippen molar-refractivity contribution in [2.45, 2.75) is 12.8 Å². The van der Waals surface area contributed by atoms with Crippen molar-refractivity contribution in [3.05, 3.63) is 54.0 Å². The van der Waals surface area contributed by atoms with Crippen LogP contribution in [0.5, 0.6) is 0 Å². The molecule has 28 heavy (non-hydrogen) atoms. The van der Waals surface area contributed by atoms with Crippen LogP contribution in [0.4, 0.5) is 14.5 Å². The lowest BCUT2D eigenvalue weighted by Crippen LogP contribution is -2.44. The van der Waals surface area contributed by atoms with Gasteiger partial charge in [0.15, 0.2) is 17.4 Å². The van der Waals surface area contributed by atoms with Gasteiger partial charge in [-0.1, -0.05) is 0 Å². The van der Waals surface area contributed by atoms with E-state index in [0.717, 1.165) is 12.1 Å². The predicted octanol–water partition coefficient (Wildman–Crippen LogP) is 2.16. The van der Waals surface area contributed by atoms with Gasteiger partial charge in [0.25, 0.3) is 5.91 Å². The number of hydrogen-bond donors (Lipinski definition) is 2. The van der Waals surface area contributed by atoms with E-state index in [1.807, 2.05) is 0 Å². The third-order valence-electron chi connectivity index (χ3n) is 4.51. The summed E-state index contributed by atoms with van der Waals surface area (Å²) in [5.74, 6) is -3.18. The second kappa shape index (κ2) is 8.64. The van der Waals surface area contributed by atoms with Crippen LogP contribution in [0.3, 0.4) is 0 Å². The average Bonchev–Trinajstić information content (AvgIpc) is 3.23. The number of nitrogens with one attached hydrogen (secondary N) is 2. The van der Waals surface area contributed by atoms with Crippen LogP contribution in [0.15, 0.2) is 41.0 Å². The summed E-state index contributed by atoms with van der Waals surface area (Å²) >= 11 is 0. The molecule has 2 aromatic rings. The van der Waals surface area contributed by atoms with Gasteiger partial charge in [-0.25, -0.2) is 8.78 Å². The molecular formula is C19H19F2N3O4. The third-order valence-corrected chi connectivity index (χ3v) is 4.51. The normalized spacial score (nSPS) is 14.6. The van der Waals surface area contributed by atoms with E-state index in [0.29, 0.717) is 25.9 Å². The van der Waals surface area contributed by atoms with Crippen molar-refractivity contribution in [2.24, 2.45) is 5.92 Å². The number of carbonyl (C=O) groups excluding carboxylic acids is 3. The van der Waals surface area contributed by atoms with Crippen LogP contribution in [-0.2, 0) is 9.59 Å². The van der Waals surface area contributed by atoms with Gasteiger partial charge >= 0.3 is 0 Å². The Hall–Kier alpha value is -3.23. The number of likely N-dealkylation sites (tertiary alicyclic amines) is 1. The minimum Gasteiger partial charge on any atom is -0.459 e. The summed E-state index contributed by atoms with van der Waals surface area (Å²) in [7, 11) is 0. The second-order valence-electron chi connectivity index (χ2n) is 6.44. The number of amides is 3. The summed E-state index contributed by atoms with van der Waals surface area (Å²) in [6.45, 7) is 0.542. The zero-order valence-corrected chi connectivity index (χ0v) is 14.9. The number of anilines is 1. The molecule has 1 aliphatic rings. The van der Waals surface area contributed by atoms with E-state index in [4.69, 9.17) is 4.42 Å². The number of halogens is 2. The molecule has 1 aromatic carbocycles. The lowest BCUT2D eigenvalue weighted by Gasteiger charge is -2.30. The molecule has 0 radical (unpaired) electrons. The zero-order chi connectivity index (χ0) is 20.1. The van der Waals surface area contributed by atoms with Crippen LogP contribution in [0.25, 0.3) is 0 Å². The first-order valence-corrected chi connectivity index (χ1v) is 8.79. The molecule has 0 unspecified atom stereocenters. The summed E-state index contributed by atoms with van der Waals surface area (Å²) in [6, 6.07) is 6.22. The number of rotatable bonds is 5. The van der Waals surface area contributed by atoms with Crippen LogP contribution in [0.1, 0.15) is 23.4 Å². The molecule has 0 aliphatic carbocycles. The molecule has 148 valence electrons. The van der Waals surface area contributed by atoms with Gasteiger partial charge in [-0.15, -0.1) is 0 Å². The fourth-order valence-electron chi connectivity index (χ4n) is 2.99. The van der Waals surface area contributed by atoms with Crippen molar-refractivity contribution < 1.29 is 27.6 Å². The molecule has 9 heteroatoms. The smallest absolute Gasteiger partial charge is 0.289 e. The van der Waals surface area contributed by atoms with Gasteiger partial charge in [0.1, 0.15) is 0 Å². The van der Waals surface area contributed by atoms with Gasteiger partial charge in [-0.2, -0.15) is 0 Å². The van der Waals surface area contributed by atoms with E-state index >= 15 is 0 Å². The number of nitrogens with zero attached hydrogens (tertiary/aromatic N) is 1. The first-order valence-electron chi connectivity index (χ1n) is 8.79. The highest BCUT2D eigenvalue weighted by atomic mass is 19.2. The first kappa shape index (κ1) is 19.5. The van der Waals surface area contributed by atoms with Gasteiger partial charge < -0.3 is 20.0 Å². The molecule has 7 nitrogen and oxygen atoms in total. The maximum absolute atomic E-state index is 13.1. The number of benzene rings is 1. The summed E-state index contributed by atoms with van der Waals surface area (Å²) in [4.78, 5) is 37.9. The standard InChI is InChI=1S/C19H19F2N3O4/c20-14-4-3-13(10-15(14)21)23-17(25)11-22-18(26)12-5-7-24(8-6-12)19(27)16-2-1-9-28-16/h1-4,9-10,12H,5-8,11H2,(H,22,26)(H,23,25). The Labute approximate surface area is 159 Å². The topological polar surface area (TPSA) is 91.7 Å². The van der Waals surface area contributed by atoms with Crippen LogP contribution < -0.4 is 10.6 Å².